The molecule has 6 nitrogen and oxygen atoms in total. The van der Waals surface area contributed by atoms with Gasteiger partial charge in [-0.3, -0.25) is 0 Å². The van der Waals surface area contributed by atoms with Gasteiger partial charge in [-0.1, -0.05) is 0 Å². The molecule has 2 heterocycles. The van der Waals surface area contributed by atoms with E-state index in [-0.39, 0.29) is 0 Å². The molecule has 0 amide bonds. The van der Waals surface area contributed by atoms with Crippen LogP contribution >= 0.6 is 0 Å². The van der Waals surface area contributed by atoms with Crippen molar-refractivity contribution in [3.05, 3.63) is 36.5 Å². The van der Waals surface area contributed by atoms with Gasteiger partial charge in [0, 0.05) is 24.7 Å². The van der Waals surface area contributed by atoms with Gasteiger partial charge in [0.2, 0.25) is 0 Å². The molecule has 0 aliphatic heterocycles. The third kappa shape index (κ3) is 2.24. The maximum atomic E-state index is 5.34. The third-order valence-corrected chi connectivity index (χ3v) is 3.29. The highest BCUT2D eigenvalue weighted by atomic mass is 16.5. The lowest BCUT2D eigenvalue weighted by molar-refractivity contribution is 0.355. The van der Waals surface area contributed by atoms with Crippen molar-refractivity contribution in [2.75, 3.05) is 26.6 Å². The first-order chi connectivity index (χ1) is 10.3. The Morgan fingerprint density at radius 3 is 2.57 bits per heavy atom. The highest BCUT2D eigenvalue weighted by Gasteiger charge is 2.10. The average molecular weight is 284 g/mol. The third-order valence-electron chi connectivity index (χ3n) is 3.29. The molecule has 0 radical (unpaired) electrons. The van der Waals surface area contributed by atoms with Crippen molar-refractivity contribution < 1.29 is 9.47 Å². The van der Waals surface area contributed by atoms with Crippen LogP contribution in [0.4, 0.5) is 5.82 Å². The number of nitrogens with one attached hydrogen (secondary N) is 1. The zero-order valence-electron chi connectivity index (χ0n) is 12.1. The molecule has 0 aliphatic carbocycles. The van der Waals surface area contributed by atoms with E-state index < -0.39 is 0 Å². The Bertz CT molecular complexity index is 782. The standard InChI is InChI=1S/C15H16N4O2/c1-16-15-9-11(18-14-6-7-17-19(14)15)10-4-5-12(20-2)13(8-10)21-3/h4-9,16H,1-3H3. The van der Waals surface area contributed by atoms with E-state index in [2.05, 4.69) is 15.4 Å². The van der Waals surface area contributed by atoms with E-state index in [4.69, 9.17) is 9.47 Å². The highest BCUT2D eigenvalue weighted by Crippen LogP contribution is 2.32. The fourth-order valence-electron chi connectivity index (χ4n) is 2.23. The first-order valence-corrected chi connectivity index (χ1v) is 6.51. The number of methoxy groups -OCH3 is 2. The summed E-state index contributed by atoms with van der Waals surface area (Å²) in [6, 6.07) is 9.55. The number of aromatic nitrogens is 3. The maximum Gasteiger partial charge on any atom is 0.161 e. The van der Waals surface area contributed by atoms with E-state index in [0.717, 1.165) is 22.7 Å². The maximum absolute atomic E-state index is 5.34. The molecule has 1 aromatic carbocycles. The molecule has 0 saturated heterocycles. The minimum absolute atomic E-state index is 0.677. The Balaban J connectivity index is 2.15. The summed E-state index contributed by atoms with van der Waals surface area (Å²) in [5.41, 5.74) is 2.58. The molecule has 0 saturated carbocycles. The second kappa shape index (κ2) is 5.32. The van der Waals surface area contributed by atoms with Gasteiger partial charge in [-0.2, -0.15) is 9.61 Å². The summed E-state index contributed by atoms with van der Waals surface area (Å²) in [5.74, 6) is 2.24. The number of hydrogen-bond donors (Lipinski definition) is 1. The van der Waals surface area contributed by atoms with Gasteiger partial charge in [0.25, 0.3) is 0 Å². The number of fused-ring (bicyclic) bond motifs is 1. The Morgan fingerprint density at radius 2 is 1.86 bits per heavy atom. The second-order valence-corrected chi connectivity index (χ2v) is 4.45. The fourth-order valence-corrected chi connectivity index (χ4v) is 2.23. The molecule has 0 unspecified atom stereocenters. The Morgan fingerprint density at radius 1 is 1.05 bits per heavy atom. The van der Waals surface area contributed by atoms with Crippen LogP contribution < -0.4 is 14.8 Å². The number of ether oxygens (including phenoxy) is 2. The summed E-state index contributed by atoms with van der Waals surface area (Å²) in [5, 5.41) is 7.35. The normalized spacial score (nSPS) is 10.6. The zero-order valence-corrected chi connectivity index (χ0v) is 12.1. The van der Waals surface area contributed by atoms with Crippen LogP contribution in [0.2, 0.25) is 0 Å². The second-order valence-electron chi connectivity index (χ2n) is 4.45. The van der Waals surface area contributed by atoms with E-state index in [1.807, 2.05) is 37.4 Å². The quantitative estimate of drug-likeness (QED) is 0.797. The predicted octanol–water partition coefficient (Wildman–Crippen LogP) is 2.46. The molecule has 3 rings (SSSR count). The first-order valence-electron chi connectivity index (χ1n) is 6.51. The zero-order chi connectivity index (χ0) is 14.8. The van der Waals surface area contributed by atoms with Crippen LogP contribution in [0.25, 0.3) is 16.9 Å². The van der Waals surface area contributed by atoms with Crippen LogP contribution in [-0.2, 0) is 0 Å². The lowest BCUT2D eigenvalue weighted by Gasteiger charge is -2.11. The van der Waals surface area contributed by atoms with Crippen LogP contribution in [0.3, 0.4) is 0 Å². The van der Waals surface area contributed by atoms with Crippen molar-refractivity contribution in [2.24, 2.45) is 0 Å². The fraction of sp³-hybridized carbons (Fsp3) is 0.200. The molecule has 0 fully saturated rings. The molecule has 2 aromatic heterocycles. The smallest absolute Gasteiger partial charge is 0.161 e. The van der Waals surface area contributed by atoms with E-state index in [1.165, 1.54) is 0 Å². The van der Waals surface area contributed by atoms with Gasteiger partial charge in [-0.15, -0.1) is 0 Å². The molecular weight excluding hydrogens is 268 g/mol. The number of nitrogens with zero attached hydrogens (tertiary/aromatic N) is 3. The Labute approximate surface area is 122 Å². The van der Waals surface area contributed by atoms with Gasteiger partial charge in [-0.25, -0.2) is 4.98 Å². The van der Waals surface area contributed by atoms with Gasteiger partial charge < -0.3 is 14.8 Å². The lowest BCUT2D eigenvalue weighted by atomic mass is 10.1. The Hall–Kier alpha value is -2.76. The van der Waals surface area contributed by atoms with E-state index in [0.29, 0.717) is 11.5 Å². The first kappa shape index (κ1) is 13.2. The molecule has 3 aromatic rings. The van der Waals surface area contributed by atoms with Crippen LogP contribution in [-0.4, -0.2) is 35.9 Å². The van der Waals surface area contributed by atoms with E-state index >= 15 is 0 Å². The van der Waals surface area contributed by atoms with Gasteiger partial charge in [0.1, 0.15) is 5.82 Å². The molecule has 0 bridgehead atoms. The SMILES string of the molecule is CNc1cc(-c2ccc(OC)c(OC)c2)nc2ccnn12. The number of benzene rings is 1. The largest absolute Gasteiger partial charge is 0.493 e. The van der Waals surface area contributed by atoms with Gasteiger partial charge in [0.15, 0.2) is 17.1 Å². The molecule has 6 heteroatoms. The van der Waals surface area contributed by atoms with Gasteiger partial charge in [0.05, 0.1) is 26.1 Å². The molecule has 0 aliphatic rings. The van der Waals surface area contributed by atoms with E-state index in [9.17, 15) is 0 Å². The van der Waals surface area contributed by atoms with Crippen molar-refractivity contribution in [2.45, 2.75) is 0 Å². The lowest BCUT2D eigenvalue weighted by Crippen LogP contribution is -2.01. The Kier molecular flexibility index (Phi) is 3.35. The van der Waals surface area contributed by atoms with Crippen molar-refractivity contribution in [3.63, 3.8) is 0 Å². The molecule has 0 spiro atoms. The minimum atomic E-state index is 0.677. The van der Waals surface area contributed by atoms with Crippen molar-refractivity contribution in [3.8, 4) is 22.8 Å². The van der Waals surface area contributed by atoms with Crippen LogP contribution in [0.5, 0.6) is 11.5 Å². The van der Waals surface area contributed by atoms with Crippen LogP contribution in [0, 0.1) is 0 Å². The average Bonchev–Trinajstić information content (AvgIpc) is 3.01. The van der Waals surface area contributed by atoms with Crippen molar-refractivity contribution >= 4 is 11.5 Å². The van der Waals surface area contributed by atoms with Crippen LogP contribution in [0.15, 0.2) is 36.5 Å². The van der Waals surface area contributed by atoms with Gasteiger partial charge in [-0.05, 0) is 18.2 Å². The number of hydrogen-bond acceptors (Lipinski definition) is 5. The summed E-state index contributed by atoms with van der Waals surface area (Å²) in [7, 11) is 5.09. The molecule has 108 valence electrons. The summed E-state index contributed by atoms with van der Waals surface area (Å²) in [4.78, 5) is 4.61. The minimum Gasteiger partial charge on any atom is -0.493 e. The molecular formula is C15H16N4O2. The molecule has 21 heavy (non-hydrogen) atoms. The number of rotatable bonds is 4. The molecule has 0 atom stereocenters. The topological polar surface area (TPSA) is 60.7 Å². The van der Waals surface area contributed by atoms with Crippen molar-refractivity contribution in [1.29, 1.82) is 0 Å². The highest BCUT2D eigenvalue weighted by molar-refractivity contribution is 5.69. The summed E-state index contributed by atoms with van der Waals surface area (Å²) >= 11 is 0. The number of anilines is 1. The van der Waals surface area contributed by atoms with Crippen molar-refractivity contribution in [1.82, 2.24) is 14.6 Å². The summed E-state index contributed by atoms with van der Waals surface area (Å²) < 4.78 is 12.4. The summed E-state index contributed by atoms with van der Waals surface area (Å²) in [6.45, 7) is 0. The monoisotopic (exact) mass is 284 g/mol. The van der Waals surface area contributed by atoms with Crippen LogP contribution in [0.1, 0.15) is 0 Å². The predicted molar refractivity (Wildman–Crippen MR) is 81.1 cm³/mol. The van der Waals surface area contributed by atoms with Gasteiger partial charge >= 0.3 is 0 Å². The van der Waals surface area contributed by atoms with E-state index in [1.54, 1.807) is 24.9 Å². The molecule has 1 N–H and O–H groups in total. The summed E-state index contributed by atoms with van der Waals surface area (Å²) in [6.07, 6.45) is 1.72.